The van der Waals surface area contributed by atoms with Gasteiger partial charge in [0.15, 0.2) is 0 Å². The van der Waals surface area contributed by atoms with Gasteiger partial charge in [0.25, 0.3) is 0 Å². The SMILES string of the molecule is CCOC(=O)CN(C)C(=O)C=Cc1sccc1C. The second-order valence-electron chi connectivity index (χ2n) is 3.80. The Morgan fingerprint density at radius 3 is 2.78 bits per heavy atom. The molecule has 0 N–H and O–H groups in total. The second kappa shape index (κ2) is 6.96. The summed E-state index contributed by atoms with van der Waals surface area (Å²) in [4.78, 5) is 25.3. The molecule has 0 bridgehead atoms. The first kappa shape index (κ1) is 14.4. The molecule has 0 atom stereocenters. The highest BCUT2D eigenvalue weighted by Crippen LogP contribution is 2.16. The van der Waals surface area contributed by atoms with Gasteiger partial charge in [0, 0.05) is 18.0 Å². The largest absolute Gasteiger partial charge is 0.465 e. The molecule has 5 heteroatoms. The van der Waals surface area contributed by atoms with Gasteiger partial charge in [-0.15, -0.1) is 11.3 Å². The Balaban J connectivity index is 2.52. The molecular weight excluding hydrogens is 250 g/mol. The van der Waals surface area contributed by atoms with Crippen molar-refractivity contribution >= 4 is 29.3 Å². The predicted octanol–water partition coefficient (Wildman–Crippen LogP) is 2.09. The zero-order valence-electron chi connectivity index (χ0n) is 10.8. The number of rotatable bonds is 5. The van der Waals surface area contributed by atoms with Crippen LogP contribution >= 0.6 is 11.3 Å². The molecule has 98 valence electrons. The number of hydrogen-bond acceptors (Lipinski definition) is 4. The Morgan fingerprint density at radius 2 is 2.22 bits per heavy atom. The van der Waals surface area contributed by atoms with Crippen LogP contribution in [0.3, 0.4) is 0 Å². The van der Waals surface area contributed by atoms with Crippen molar-refractivity contribution in [2.45, 2.75) is 13.8 Å². The van der Waals surface area contributed by atoms with E-state index in [0.29, 0.717) is 6.61 Å². The molecule has 0 aliphatic rings. The summed E-state index contributed by atoms with van der Waals surface area (Å²) in [5.74, 6) is -0.607. The number of ether oxygens (including phenoxy) is 1. The summed E-state index contributed by atoms with van der Waals surface area (Å²) in [5, 5.41) is 1.97. The van der Waals surface area contributed by atoms with Crippen LogP contribution in [0.1, 0.15) is 17.4 Å². The Bertz CT molecular complexity index is 451. The lowest BCUT2D eigenvalue weighted by molar-refractivity contribution is -0.146. The standard InChI is InChI=1S/C13H17NO3S/c1-4-17-13(16)9-14(3)12(15)6-5-11-10(2)7-8-18-11/h5-8H,4,9H2,1-3H3. The zero-order chi connectivity index (χ0) is 13.5. The van der Waals surface area contributed by atoms with Crippen molar-refractivity contribution in [3.63, 3.8) is 0 Å². The average Bonchev–Trinajstić information content (AvgIpc) is 2.72. The molecule has 0 aliphatic heterocycles. The maximum Gasteiger partial charge on any atom is 0.325 e. The molecule has 0 saturated heterocycles. The van der Waals surface area contributed by atoms with Crippen LogP contribution in [-0.4, -0.2) is 37.0 Å². The number of likely N-dealkylation sites (N-methyl/N-ethyl adjacent to an activating group) is 1. The topological polar surface area (TPSA) is 46.6 Å². The third-order valence-corrected chi connectivity index (χ3v) is 3.31. The highest BCUT2D eigenvalue weighted by atomic mass is 32.1. The fourth-order valence-corrected chi connectivity index (χ4v) is 2.13. The summed E-state index contributed by atoms with van der Waals surface area (Å²) in [6, 6.07) is 2.00. The molecule has 4 nitrogen and oxygen atoms in total. The maximum atomic E-state index is 11.7. The number of aryl methyl sites for hydroxylation is 1. The summed E-state index contributed by atoms with van der Waals surface area (Å²) in [6.07, 6.45) is 3.24. The Kier molecular flexibility index (Phi) is 5.58. The Morgan fingerprint density at radius 1 is 1.50 bits per heavy atom. The molecule has 1 aromatic heterocycles. The van der Waals surface area contributed by atoms with E-state index in [1.54, 1.807) is 31.4 Å². The van der Waals surface area contributed by atoms with Crippen molar-refractivity contribution in [3.05, 3.63) is 28.0 Å². The van der Waals surface area contributed by atoms with Crippen molar-refractivity contribution in [1.29, 1.82) is 0 Å². The normalized spacial score (nSPS) is 10.6. The molecule has 1 heterocycles. The molecule has 18 heavy (non-hydrogen) atoms. The van der Waals surface area contributed by atoms with Gasteiger partial charge in [-0.1, -0.05) is 0 Å². The van der Waals surface area contributed by atoms with Crippen LogP contribution in [0.15, 0.2) is 17.5 Å². The van der Waals surface area contributed by atoms with Crippen molar-refractivity contribution in [2.24, 2.45) is 0 Å². The van der Waals surface area contributed by atoms with E-state index in [-0.39, 0.29) is 12.5 Å². The van der Waals surface area contributed by atoms with Gasteiger partial charge in [-0.25, -0.2) is 0 Å². The second-order valence-corrected chi connectivity index (χ2v) is 4.75. The van der Waals surface area contributed by atoms with Gasteiger partial charge < -0.3 is 9.64 Å². The molecule has 1 rings (SSSR count). The van der Waals surface area contributed by atoms with Crippen LogP contribution in [-0.2, 0) is 14.3 Å². The van der Waals surface area contributed by atoms with E-state index in [0.717, 1.165) is 10.4 Å². The van der Waals surface area contributed by atoms with Gasteiger partial charge in [-0.05, 0) is 36.9 Å². The Labute approximate surface area is 111 Å². The first-order valence-electron chi connectivity index (χ1n) is 5.67. The van der Waals surface area contributed by atoms with Crippen LogP contribution in [0.4, 0.5) is 0 Å². The number of carbonyl (C=O) groups excluding carboxylic acids is 2. The number of nitrogens with zero attached hydrogens (tertiary/aromatic N) is 1. The number of amides is 1. The lowest BCUT2D eigenvalue weighted by Gasteiger charge is -2.13. The maximum absolute atomic E-state index is 11.7. The van der Waals surface area contributed by atoms with E-state index in [1.165, 1.54) is 11.0 Å². The van der Waals surface area contributed by atoms with Crippen LogP contribution in [0.5, 0.6) is 0 Å². The molecule has 0 fully saturated rings. The van der Waals surface area contributed by atoms with Gasteiger partial charge in [-0.2, -0.15) is 0 Å². The first-order chi connectivity index (χ1) is 8.54. The lowest BCUT2D eigenvalue weighted by Crippen LogP contribution is -2.31. The predicted molar refractivity (Wildman–Crippen MR) is 72.4 cm³/mol. The third-order valence-electron chi connectivity index (χ3n) is 2.33. The summed E-state index contributed by atoms with van der Waals surface area (Å²) in [5.41, 5.74) is 1.14. The fraction of sp³-hybridized carbons (Fsp3) is 0.385. The minimum atomic E-state index is -0.394. The number of hydrogen-bond donors (Lipinski definition) is 0. The number of esters is 1. The molecule has 0 spiro atoms. The number of thiophene rings is 1. The van der Waals surface area contributed by atoms with Gasteiger partial charge in [-0.3, -0.25) is 9.59 Å². The Hall–Kier alpha value is -1.62. The third kappa shape index (κ3) is 4.33. The van der Waals surface area contributed by atoms with E-state index < -0.39 is 5.97 Å². The number of carbonyl (C=O) groups is 2. The lowest BCUT2D eigenvalue weighted by atomic mass is 10.3. The summed E-state index contributed by atoms with van der Waals surface area (Å²) >= 11 is 1.58. The highest BCUT2D eigenvalue weighted by Gasteiger charge is 2.10. The monoisotopic (exact) mass is 267 g/mol. The van der Waals surface area contributed by atoms with E-state index >= 15 is 0 Å². The zero-order valence-corrected chi connectivity index (χ0v) is 11.6. The summed E-state index contributed by atoms with van der Waals surface area (Å²) in [7, 11) is 1.57. The smallest absolute Gasteiger partial charge is 0.325 e. The van der Waals surface area contributed by atoms with Gasteiger partial charge in [0.1, 0.15) is 6.54 Å². The molecule has 1 amide bonds. The molecule has 0 radical (unpaired) electrons. The fourth-order valence-electron chi connectivity index (χ4n) is 1.31. The molecule has 0 aliphatic carbocycles. The van der Waals surface area contributed by atoms with Gasteiger partial charge in [0.05, 0.1) is 6.61 Å². The van der Waals surface area contributed by atoms with E-state index in [9.17, 15) is 9.59 Å². The highest BCUT2D eigenvalue weighted by molar-refractivity contribution is 7.11. The van der Waals surface area contributed by atoms with Gasteiger partial charge >= 0.3 is 5.97 Å². The molecule has 1 aromatic rings. The summed E-state index contributed by atoms with van der Waals surface area (Å²) in [6.45, 7) is 4.02. The van der Waals surface area contributed by atoms with Crippen LogP contribution in [0.2, 0.25) is 0 Å². The quantitative estimate of drug-likeness (QED) is 0.606. The first-order valence-corrected chi connectivity index (χ1v) is 6.55. The van der Waals surface area contributed by atoms with Crippen molar-refractivity contribution in [1.82, 2.24) is 4.90 Å². The van der Waals surface area contributed by atoms with Crippen molar-refractivity contribution in [3.8, 4) is 0 Å². The van der Waals surface area contributed by atoms with Gasteiger partial charge in [0.2, 0.25) is 5.91 Å². The summed E-state index contributed by atoms with van der Waals surface area (Å²) < 4.78 is 4.78. The van der Waals surface area contributed by atoms with E-state index in [4.69, 9.17) is 4.74 Å². The average molecular weight is 267 g/mol. The van der Waals surface area contributed by atoms with Crippen LogP contribution in [0.25, 0.3) is 6.08 Å². The molecular formula is C13H17NO3S. The molecule has 0 unspecified atom stereocenters. The minimum Gasteiger partial charge on any atom is -0.465 e. The molecule has 0 saturated carbocycles. The minimum absolute atomic E-state index is 0.0273. The van der Waals surface area contributed by atoms with Crippen molar-refractivity contribution in [2.75, 3.05) is 20.2 Å². The van der Waals surface area contributed by atoms with Crippen LogP contribution in [0, 0.1) is 6.92 Å². The molecule has 0 aromatic carbocycles. The van der Waals surface area contributed by atoms with E-state index in [1.807, 2.05) is 18.4 Å². The van der Waals surface area contributed by atoms with E-state index in [2.05, 4.69) is 0 Å². The van der Waals surface area contributed by atoms with Crippen molar-refractivity contribution < 1.29 is 14.3 Å². The van der Waals surface area contributed by atoms with Crippen LogP contribution < -0.4 is 0 Å².